The molecule has 0 aromatic heterocycles. The standard InChI is InChI=1S/C8H15NO/c9-7-3-1-6-10-8(7)4-2-5-8/h7H,1-6,9H2. The Labute approximate surface area is 61.7 Å². The molecular weight excluding hydrogens is 126 g/mol. The Balaban J connectivity index is 2.03. The fourth-order valence-corrected chi connectivity index (χ4v) is 1.99. The molecule has 1 aliphatic carbocycles. The minimum atomic E-state index is 0.137. The first-order valence-electron chi connectivity index (χ1n) is 4.23. The molecule has 2 fully saturated rings. The molecular formula is C8H15NO. The molecule has 2 aliphatic rings. The number of rotatable bonds is 0. The summed E-state index contributed by atoms with van der Waals surface area (Å²) in [6.07, 6.45) is 6.04. The van der Waals surface area contributed by atoms with Crippen LogP contribution in [0, 0.1) is 0 Å². The lowest BCUT2D eigenvalue weighted by Crippen LogP contribution is -2.57. The SMILES string of the molecule is NC1CCCOC12CCC2. The first-order chi connectivity index (χ1) is 4.83. The molecule has 2 nitrogen and oxygen atoms in total. The Morgan fingerprint density at radius 1 is 1.30 bits per heavy atom. The topological polar surface area (TPSA) is 35.2 Å². The van der Waals surface area contributed by atoms with Crippen molar-refractivity contribution < 1.29 is 4.74 Å². The third-order valence-electron chi connectivity index (χ3n) is 2.92. The highest BCUT2D eigenvalue weighted by Gasteiger charge is 2.44. The lowest BCUT2D eigenvalue weighted by molar-refractivity contribution is -0.139. The second-order valence-electron chi connectivity index (χ2n) is 3.52. The zero-order chi connectivity index (χ0) is 7.03. The smallest absolute Gasteiger partial charge is 0.0832 e. The van der Waals surface area contributed by atoms with Gasteiger partial charge in [-0.2, -0.15) is 0 Å². The predicted octanol–water partition coefficient (Wildman–Crippen LogP) is 1.05. The van der Waals surface area contributed by atoms with Crippen molar-refractivity contribution in [1.82, 2.24) is 0 Å². The van der Waals surface area contributed by atoms with Gasteiger partial charge in [0.15, 0.2) is 0 Å². The molecule has 2 heteroatoms. The average Bonchev–Trinajstić information content (AvgIpc) is 1.85. The lowest BCUT2D eigenvalue weighted by Gasteiger charge is -2.48. The van der Waals surface area contributed by atoms with Crippen LogP contribution in [-0.4, -0.2) is 18.2 Å². The molecule has 0 amide bonds. The molecule has 2 N–H and O–H groups in total. The maximum Gasteiger partial charge on any atom is 0.0832 e. The van der Waals surface area contributed by atoms with Gasteiger partial charge in [-0.15, -0.1) is 0 Å². The van der Waals surface area contributed by atoms with Gasteiger partial charge in [0.05, 0.1) is 5.60 Å². The second kappa shape index (κ2) is 2.21. The van der Waals surface area contributed by atoms with Gasteiger partial charge in [-0.25, -0.2) is 0 Å². The highest BCUT2D eigenvalue weighted by Crippen LogP contribution is 2.41. The van der Waals surface area contributed by atoms with E-state index < -0.39 is 0 Å². The first-order valence-corrected chi connectivity index (χ1v) is 4.23. The number of hydrogen-bond acceptors (Lipinski definition) is 2. The van der Waals surface area contributed by atoms with Crippen LogP contribution in [0.15, 0.2) is 0 Å². The minimum Gasteiger partial charge on any atom is -0.373 e. The highest BCUT2D eigenvalue weighted by atomic mass is 16.5. The van der Waals surface area contributed by atoms with Crippen molar-refractivity contribution in [3.05, 3.63) is 0 Å². The van der Waals surface area contributed by atoms with Crippen LogP contribution in [0.25, 0.3) is 0 Å². The largest absolute Gasteiger partial charge is 0.373 e. The second-order valence-corrected chi connectivity index (χ2v) is 3.52. The van der Waals surface area contributed by atoms with Crippen molar-refractivity contribution >= 4 is 0 Å². The van der Waals surface area contributed by atoms with Crippen molar-refractivity contribution in [1.29, 1.82) is 0 Å². The molecule has 1 aliphatic heterocycles. The summed E-state index contributed by atoms with van der Waals surface area (Å²) in [5, 5.41) is 0. The Morgan fingerprint density at radius 2 is 2.10 bits per heavy atom. The van der Waals surface area contributed by atoms with Crippen LogP contribution in [-0.2, 0) is 4.74 Å². The molecule has 1 spiro atoms. The Bertz CT molecular complexity index is 131. The van der Waals surface area contributed by atoms with Crippen molar-refractivity contribution in [3.8, 4) is 0 Å². The van der Waals surface area contributed by atoms with Crippen molar-refractivity contribution in [2.24, 2.45) is 5.73 Å². The molecule has 1 unspecified atom stereocenters. The van der Waals surface area contributed by atoms with E-state index >= 15 is 0 Å². The van der Waals surface area contributed by atoms with E-state index in [2.05, 4.69) is 0 Å². The van der Waals surface area contributed by atoms with Crippen molar-refractivity contribution in [3.63, 3.8) is 0 Å². The van der Waals surface area contributed by atoms with Crippen LogP contribution < -0.4 is 5.73 Å². The quantitative estimate of drug-likeness (QED) is 0.547. The van der Waals surface area contributed by atoms with Gasteiger partial charge in [0, 0.05) is 12.6 Å². The summed E-state index contributed by atoms with van der Waals surface area (Å²) in [6, 6.07) is 0.329. The number of ether oxygens (including phenoxy) is 1. The summed E-state index contributed by atoms with van der Waals surface area (Å²) in [6.45, 7) is 0.938. The van der Waals surface area contributed by atoms with Gasteiger partial charge >= 0.3 is 0 Å². The van der Waals surface area contributed by atoms with Gasteiger partial charge in [0.1, 0.15) is 0 Å². The van der Waals surface area contributed by atoms with Crippen LogP contribution in [0.4, 0.5) is 0 Å². The van der Waals surface area contributed by atoms with Gasteiger partial charge in [-0.05, 0) is 32.1 Å². The van der Waals surface area contributed by atoms with Crippen LogP contribution in [0.5, 0.6) is 0 Å². The van der Waals surface area contributed by atoms with Gasteiger partial charge < -0.3 is 10.5 Å². The van der Waals surface area contributed by atoms with E-state index in [1.807, 2.05) is 0 Å². The molecule has 2 rings (SSSR count). The normalized spacial score (nSPS) is 37.5. The predicted molar refractivity (Wildman–Crippen MR) is 39.7 cm³/mol. The molecule has 1 atom stereocenters. The van der Waals surface area contributed by atoms with E-state index in [1.165, 1.54) is 25.7 Å². The van der Waals surface area contributed by atoms with E-state index in [1.54, 1.807) is 0 Å². The molecule has 0 bridgehead atoms. The van der Waals surface area contributed by atoms with Crippen LogP contribution in [0.2, 0.25) is 0 Å². The Hall–Kier alpha value is -0.0800. The first kappa shape index (κ1) is 6.62. The summed E-state index contributed by atoms with van der Waals surface area (Å²) in [4.78, 5) is 0. The fourth-order valence-electron chi connectivity index (χ4n) is 1.99. The summed E-state index contributed by atoms with van der Waals surface area (Å²) in [5.41, 5.74) is 6.09. The van der Waals surface area contributed by atoms with E-state index in [0.717, 1.165) is 13.0 Å². The maximum absolute atomic E-state index is 5.95. The average molecular weight is 141 g/mol. The lowest BCUT2D eigenvalue weighted by atomic mass is 9.72. The van der Waals surface area contributed by atoms with Crippen LogP contribution >= 0.6 is 0 Å². The van der Waals surface area contributed by atoms with E-state index in [4.69, 9.17) is 10.5 Å². The van der Waals surface area contributed by atoms with E-state index in [0.29, 0.717) is 6.04 Å². The third-order valence-corrected chi connectivity index (χ3v) is 2.92. The summed E-state index contributed by atoms with van der Waals surface area (Å²) in [5.74, 6) is 0. The van der Waals surface area contributed by atoms with Crippen LogP contribution in [0.1, 0.15) is 32.1 Å². The molecule has 58 valence electrons. The molecule has 10 heavy (non-hydrogen) atoms. The molecule has 0 aromatic rings. The number of hydrogen-bond donors (Lipinski definition) is 1. The van der Waals surface area contributed by atoms with Gasteiger partial charge in [0.25, 0.3) is 0 Å². The van der Waals surface area contributed by atoms with Crippen LogP contribution in [0.3, 0.4) is 0 Å². The molecule has 0 radical (unpaired) electrons. The zero-order valence-corrected chi connectivity index (χ0v) is 6.31. The van der Waals surface area contributed by atoms with Gasteiger partial charge in [-0.3, -0.25) is 0 Å². The zero-order valence-electron chi connectivity index (χ0n) is 6.31. The highest BCUT2D eigenvalue weighted by molar-refractivity contribution is 4.99. The third kappa shape index (κ3) is 0.789. The molecule has 1 saturated carbocycles. The summed E-state index contributed by atoms with van der Waals surface area (Å²) in [7, 11) is 0. The maximum atomic E-state index is 5.95. The van der Waals surface area contributed by atoms with E-state index in [-0.39, 0.29) is 5.60 Å². The summed E-state index contributed by atoms with van der Waals surface area (Å²) < 4.78 is 5.69. The van der Waals surface area contributed by atoms with Gasteiger partial charge in [-0.1, -0.05) is 0 Å². The fraction of sp³-hybridized carbons (Fsp3) is 1.00. The minimum absolute atomic E-state index is 0.137. The monoisotopic (exact) mass is 141 g/mol. The Kier molecular flexibility index (Phi) is 1.46. The van der Waals surface area contributed by atoms with Crippen molar-refractivity contribution in [2.45, 2.75) is 43.7 Å². The molecule has 0 aromatic carbocycles. The Morgan fingerprint density at radius 3 is 2.50 bits per heavy atom. The summed E-state index contributed by atoms with van der Waals surface area (Å²) >= 11 is 0. The van der Waals surface area contributed by atoms with Crippen molar-refractivity contribution in [2.75, 3.05) is 6.61 Å². The molecule has 1 saturated heterocycles. The van der Waals surface area contributed by atoms with Gasteiger partial charge in [0.2, 0.25) is 0 Å². The molecule has 1 heterocycles. The number of nitrogens with two attached hydrogens (primary N) is 1. The van der Waals surface area contributed by atoms with E-state index in [9.17, 15) is 0 Å².